The van der Waals surface area contributed by atoms with Gasteiger partial charge in [0.2, 0.25) is 0 Å². The van der Waals surface area contributed by atoms with Crippen LogP contribution in [0.3, 0.4) is 0 Å². The number of carboxylic acids is 1. The van der Waals surface area contributed by atoms with Crippen LogP contribution in [0.4, 0.5) is 0 Å². The molecule has 120 valence electrons. The lowest BCUT2D eigenvalue weighted by molar-refractivity contribution is -0.154. The quantitative estimate of drug-likeness (QED) is 0.358. The molecule has 0 aliphatic carbocycles. The first kappa shape index (κ1) is 19.1. The monoisotopic (exact) mass is 300 g/mol. The molecule has 6 nitrogen and oxygen atoms in total. The molecular weight excluding hydrogens is 276 g/mol. The number of aliphatic carboxylic acids is 1. The topological polar surface area (TPSA) is 89.9 Å². The molecule has 0 amide bonds. The summed E-state index contributed by atoms with van der Waals surface area (Å²) in [5.41, 5.74) is -0.107. The molecule has 1 N–H and O–H groups in total. The number of hydrogen-bond acceptors (Lipinski definition) is 5. The van der Waals surface area contributed by atoms with Gasteiger partial charge in [0.25, 0.3) is 0 Å². The van der Waals surface area contributed by atoms with Crippen molar-refractivity contribution >= 4 is 17.9 Å². The molecule has 0 aromatic rings. The number of esters is 2. The van der Waals surface area contributed by atoms with Gasteiger partial charge in [0, 0.05) is 5.57 Å². The summed E-state index contributed by atoms with van der Waals surface area (Å²) in [6.45, 7) is 6.69. The maximum absolute atomic E-state index is 11.7. The van der Waals surface area contributed by atoms with Gasteiger partial charge in [-0.2, -0.15) is 0 Å². The van der Waals surface area contributed by atoms with Gasteiger partial charge in [0.15, 0.2) is 6.61 Å². The average molecular weight is 300 g/mol. The van der Waals surface area contributed by atoms with Crippen molar-refractivity contribution in [1.82, 2.24) is 0 Å². The maximum Gasteiger partial charge on any atom is 0.341 e. The second-order valence-electron chi connectivity index (χ2n) is 4.77. The van der Waals surface area contributed by atoms with Crippen molar-refractivity contribution in [2.45, 2.75) is 58.5 Å². The average Bonchev–Trinajstić information content (AvgIpc) is 2.43. The number of unbranched alkanes of at least 4 members (excludes halogenated alkanes) is 2. The molecule has 0 aromatic heterocycles. The molecule has 0 aliphatic heterocycles. The SMILES string of the molecule is C=C(CC(=O)O[C@H](CC)CCCCC)C(=O)OCC(=O)O. The Labute approximate surface area is 125 Å². The highest BCUT2D eigenvalue weighted by Crippen LogP contribution is 2.12. The number of carbonyl (C=O) groups is 3. The van der Waals surface area contributed by atoms with Crippen LogP contribution in [0.5, 0.6) is 0 Å². The number of hydrogen-bond donors (Lipinski definition) is 1. The van der Waals surface area contributed by atoms with Crippen LogP contribution in [0.2, 0.25) is 0 Å². The van der Waals surface area contributed by atoms with Gasteiger partial charge in [0.05, 0.1) is 6.42 Å². The predicted molar refractivity (Wildman–Crippen MR) is 76.7 cm³/mol. The van der Waals surface area contributed by atoms with Crippen LogP contribution in [0.25, 0.3) is 0 Å². The summed E-state index contributed by atoms with van der Waals surface area (Å²) in [7, 11) is 0. The third-order valence-electron chi connectivity index (χ3n) is 2.86. The molecule has 0 heterocycles. The Morgan fingerprint density at radius 2 is 1.86 bits per heavy atom. The lowest BCUT2D eigenvalue weighted by Crippen LogP contribution is -2.20. The fourth-order valence-electron chi connectivity index (χ4n) is 1.67. The summed E-state index contributed by atoms with van der Waals surface area (Å²) < 4.78 is 9.70. The van der Waals surface area contributed by atoms with Crippen molar-refractivity contribution in [2.24, 2.45) is 0 Å². The van der Waals surface area contributed by atoms with E-state index in [1.165, 1.54) is 0 Å². The van der Waals surface area contributed by atoms with E-state index in [-0.39, 0.29) is 18.1 Å². The van der Waals surface area contributed by atoms with E-state index in [2.05, 4.69) is 18.2 Å². The van der Waals surface area contributed by atoms with Crippen molar-refractivity contribution in [2.75, 3.05) is 6.61 Å². The lowest BCUT2D eigenvalue weighted by Gasteiger charge is -2.16. The highest BCUT2D eigenvalue weighted by molar-refractivity contribution is 5.94. The van der Waals surface area contributed by atoms with Gasteiger partial charge in [-0.1, -0.05) is 33.3 Å². The van der Waals surface area contributed by atoms with Crippen molar-refractivity contribution in [3.8, 4) is 0 Å². The molecule has 0 unspecified atom stereocenters. The van der Waals surface area contributed by atoms with Gasteiger partial charge >= 0.3 is 17.9 Å². The first-order valence-corrected chi connectivity index (χ1v) is 7.16. The van der Waals surface area contributed by atoms with Crippen LogP contribution in [-0.2, 0) is 23.9 Å². The molecule has 6 heteroatoms. The summed E-state index contributed by atoms with van der Waals surface area (Å²) in [4.78, 5) is 33.3. The Morgan fingerprint density at radius 1 is 1.19 bits per heavy atom. The van der Waals surface area contributed by atoms with Gasteiger partial charge in [0.1, 0.15) is 6.10 Å². The Hall–Kier alpha value is -1.85. The number of carboxylic acid groups (broad SMARTS) is 1. The minimum absolute atomic E-state index is 0.107. The zero-order valence-corrected chi connectivity index (χ0v) is 12.7. The molecule has 1 atom stereocenters. The van der Waals surface area contributed by atoms with Crippen LogP contribution in [0.15, 0.2) is 12.2 Å². The highest BCUT2D eigenvalue weighted by Gasteiger charge is 2.18. The second kappa shape index (κ2) is 10.9. The predicted octanol–water partition coefficient (Wildman–Crippen LogP) is 2.46. The first-order chi connectivity index (χ1) is 9.90. The zero-order valence-electron chi connectivity index (χ0n) is 12.7. The summed E-state index contributed by atoms with van der Waals surface area (Å²) in [5, 5.41) is 8.38. The van der Waals surface area contributed by atoms with Crippen molar-refractivity contribution in [1.29, 1.82) is 0 Å². The van der Waals surface area contributed by atoms with E-state index < -0.39 is 24.5 Å². The van der Waals surface area contributed by atoms with Gasteiger partial charge in [-0.25, -0.2) is 9.59 Å². The Balaban J connectivity index is 4.12. The van der Waals surface area contributed by atoms with Crippen molar-refractivity contribution < 1.29 is 29.0 Å². The van der Waals surface area contributed by atoms with Crippen LogP contribution in [-0.4, -0.2) is 35.7 Å². The van der Waals surface area contributed by atoms with E-state index >= 15 is 0 Å². The molecule has 0 rings (SSSR count). The smallest absolute Gasteiger partial charge is 0.341 e. The van der Waals surface area contributed by atoms with Crippen LogP contribution in [0.1, 0.15) is 52.4 Å². The van der Waals surface area contributed by atoms with E-state index in [1.807, 2.05) is 6.92 Å². The van der Waals surface area contributed by atoms with Crippen molar-refractivity contribution in [3.63, 3.8) is 0 Å². The van der Waals surface area contributed by atoms with Crippen LogP contribution < -0.4 is 0 Å². The standard InChI is InChI=1S/C15H24O6/c1-4-6-7-8-12(5-2)21-14(18)9-11(3)15(19)20-10-13(16)17/h12H,3-10H2,1-2H3,(H,16,17)/t12-/m1/s1. The van der Waals surface area contributed by atoms with Crippen molar-refractivity contribution in [3.05, 3.63) is 12.2 Å². The number of ether oxygens (including phenoxy) is 2. The van der Waals surface area contributed by atoms with Gasteiger partial charge in [-0.05, 0) is 19.3 Å². The van der Waals surface area contributed by atoms with Gasteiger partial charge < -0.3 is 14.6 Å². The third-order valence-corrected chi connectivity index (χ3v) is 2.86. The molecule has 0 bridgehead atoms. The largest absolute Gasteiger partial charge is 0.479 e. The molecule has 0 saturated carbocycles. The lowest BCUT2D eigenvalue weighted by atomic mass is 10.1. The van der Waals surface area contributed by atoms with E-state index in [0.29, 0.717) is 6.42 Å². The van der Waals surface area contributed by atoms with E-state index in [1.54, 1.807) is 0 Å². The van der Waals surface area contributed by atoms with Gasteiger partial charge in [-0.15, -0.1) is 0 Å². The van der Waals surface area contributed by atoms with E-state index in [9.17, 15) is 14.4 Å². The molecule has 0 aliphatic rings. The van der Waals surface area contributed by atoms with Gasteiger partial charge in [-0.3, -0.25) is 4.79 Å². The second-order valence-corrected chi connectivity index (χ2v) is 4.77. The fraction of sp³-hybridized carbons (Fsp3) is 0.667. The number of carbonyl (C=O) groups excluding carboxylic acids is 2. The minimum Gasteiger partial charge on any atom is -0.479 e. The molecule has 0 fully saturated rings. The Bertz CT molecular complexity index is 374. The zero-order chi connectivity index (χ0) is 16.3. The summed E-state index contributed by atoms with van der Waals surface area (Å²) >= 11 is 0. The maximum atomic E-state index is 11.7. The molecular formula is C15H24O6. The molecule has 0 saturated heterocycles. The third kappa shape index (κ3) is 9.65. The summed E-state index contributed by atoms with van der Waals surface area (Å²) in [6.07, 6.45) is 4.23. The fourth-order valence-corrected chi connectivity index (χ4v) is 1.67. The van der Waals surface area contributed by atoms with E-state index in [0.717, 1.165) is 25.7 Å². The van der Waals surface area contributed by atoms with Crippen LogP contribution >= 0.6 is 0 Å². The first-order valence-electron chi connectivity index (χ1n) is 7.16. The van der Waals surface area contributed by atoms with E-state index in [4.69, 9.17) is 9.84 Å². The Morgan fingerprint density at radius 3 is 2.38 bits per heavy atom. The minimum atomic E-state index is -1.26. The molecule has 0 radical (unpaired) electrons. The summed E-state index contributed by atoms with van der Waals surface area (Å²) in [5.74, 6) is -2.70. The molecule has 0 aromatic carbocycles. The molecule has 21 heavy (non-hydrogen) atoms. The highest BCUT2D eigenvalue weighted by atomic mass is 16.6. The molecule has 0 spiro atoms. The van der Waals surface area contributed by atoms with Crippen LogP contribution in [0, 0.1) is 0 Å². The number of rotatable bonds is 11. The normalized spacial score (nSPS) is 11.5. The summed E-state index contributed by atoms with van der Waals surface area (Å²) in [6, 6.07) is 0. The Kier molecular flexibility index (Phi) is 9.92.